The first-order chi connectivity index (χ1) is 10.0. The fourth-order valence-corrected chi connectivity index (χ4v) is 2.54. The van der Waals surface area contributed by atoms with E-state index in [1.165, 1.54) is 27.8 Å². The van der Waals surface area contributed by atoms with Gasteiger partial charge in [0.2, 0.25) is 0 Å². The van der Waals surface area contributed by atoms with Crippen LogP contribution in [0.1, 0.15) is 33.9 Å². The van der Waals surface area contributed by atoms with Crippen molar-refractivity contribution in [1.82, 2.24) is 5.43 Å². The predicted octanol–water partition coefficient (Wildman–Crippen LogP) is 3.37. The van der Waals surface area contributed by atoms with Gasteiger partial charge in [0, 0.05) is 0 Å². The van der Waals surface area contributed by atoms with Gasteiger partial charge in [0.1, 0.15) is 5.75 Å². The Labute approximate surface area is 127 Å². The summed E-state index contributed by atoms with van der Waals surface area (Å²) in [5.74, 6) is 6.69. The van der Waals surface area contributed by atoms with Gasteiger partial charge in [-0.05, 0) is 55.5 Å². The van der Waals surface area contributed by atoms with Crippen LogP contribution in [0, 0.1) is 20.8 Å². The standard InChI is InChI=1S/C18H24N2O/c1-12-5-8-18(21-4)16(9-12)11-17(20-19)15-7-6-13(2)14(3)10-15/h5-10,17,20H,11,19H2,1-4H3. The van der Waals surface area contributed by atoms with Gasteiger partial charge in [0.15, 0.2) is 0 Å². The van der Waals surface area contributed by atoms with E-state index in [9.17, 15) is 0 Å². The molecule has 0 aliphatic heterocycles. The van der Waals surface area contributed by atoms with Crippen molar-refractivity contribution in [2.24, 2.45) is 5.84 Å². The van der Waals surface area contributed by atoms with Crippen LogP contribution in [0.15, 0.2) is 36.4 Å². The minimum atomic E-state index is 0.0694. The summed E-state index contributed by atoms with van der Waals surface area (Å²) < 4.78 is 5.46. The van der Waals surface area contributed by atoms with Crippen LogP contribution in [0.25, 0.3) is 0 Å². The van der Waals surface area contributed by atoms with Gasteiger partial charge in [-0.1, -0.05) is 35.9 Å². The second kappa shape index (κ2) is 6.74. The molecule has 3 heteroatoms. The Bertz CT molecular complexity index is 623. The Morgan fingerprint density at radius 2 is 1.81 bits per heavy atom. The van der Waals surface area contributed by atoms with E-state index in [0.29, 0.717) is 0 Å². The minimum absolute atomic E-state index is 0.0694. The van der Waals surface area contributed by atoms with Crippen molar-refractivity contribution in [2.75, 3.05) is 7.11 Å². The number of nitrogens with one attached hydrogen (secondary N) is 1. The van der Waals surface area contributed by atoms with E-state index < -0.39 is 0 Å². The third kappa shape index (κ3) is 3.63. The lowest BCUT2D eigenvalue weighted by Crippen LogP contribution is -2.29. The van der Waals surface area contributed by atoms with Gasteiger partial charge in [0.05, 0.1) is 13.2 Å². The van der Waals surface area contributed by atoms with Crippen LogP contribution in [0.5, 0.6) is 5.75 Å². The Morgan fingerprint density at radius 3 is 2.43 bits per heavy atom. The molecule has 0 fully saturated rings. The highest BCUT2D eigenvalue weighted by atomic mass is 16.5. The van der Waals surface area contributed by atoms with Crippen LogP contribution in [0.2, 0.25) is 0 Å². The van der Waals surface area contributed by atoms with E-state index in [2.05, 4.69) is 56.5 Å². The lowest BCUT2D eigenvalue weighted by Gasteiger charge is -2.19. The van der Waals surface area contributed by atoms with Crippen molar-refractivity contribution in [2.45, 2.75) is 33.2 Å². The van der Waals surface area contributed by atoms with Crippen LogP contribution in [-0.2, 0) is 6.42 Å². The molecule has 0 radical (unpaired) electrons. The number of nitrogens with two attached hydrogens (primary N) is 1. The number of ether oxygens (including phenoxy) is 1. The van der Waals surface area contributed by atoms with Crippen molar-refractivity contribution in [3.63, 3.8) is 0 Å². The van der Waals surface area contributed by atoms with Gasteiger partial charge in [-0.2, -0.15) is 0 Å². The second-order valence-electron chi connectivity index (χ2n) is 5.58. The van der Waals surface area contributed by atoms with Crippen molar-refractivity contribution in [3.8, 4) is 5.75 Å². The minimum Gasteiger partial charge on any atom is -0.496 e. The first-order valence-corrected chi connectivity index (χ1v) is 7.22. The number of hydrogen-bond donors (Lipinski definition) is 2. The molecule has 0 spiro atoms. The van der Waals surface area contributed by atoms with Gasteiger partial charge in [-0.25, -0.2) is 0 Å². The maximum absolute atomic E-state index is 5.78. The monoisotopic (exact) mass is 284 g/mol. The maximum atomic E-state index is 5.78. The highest BCUT2D eigenvalue weighted by Gasteiger charge is 2.14. The summed E-state index contributed by atoms with van der Waals surface area (Å²) in [6.07, 6.45) is 0.795. The first kappa shape index (κ1) is 15.5. The van der Waals surface area contributed by atoms with Crippen molar-refractivity contribution in [3.05, 3.63) is 64.2 Å². The third-order valence-corrected chi connectivity index (χ3v) is 3.99. The lowest BCUT2D eigenvalue weighted by molar-refractivity contribution is 0.405. The lowest BCUT2D eigenvalue weighted by atomic mass is 9.95. The molecular weight excluding hydrogens is 260 g/mol. The molecule has 0 bridgehead atoms. The molecule has 0 aliphatic carbocycles. The third-order valence-electron chi connectivity index (χ3n) is 3.99. The SMILES string of the molecule is COc1ccc(C)cc1CC(NN)c1ccc(C)c(C)c1. The smallest absolute Gasteiger partial charge is 0.122 e. The quantitative estimate of drug-likeness (QED) is 0.653. The van der Waals surface area contributed by atoms with Gasteiger partial charge < -0.3 is 4.74 Å². The number of benzene rings is 2. The van der Waals surface area contributed by atoms with Gasteiger partial charge in [0.25, 0.3) is 0 Å². The normalized spacial score (nSPS) is 12.2. The van der Waals surface area contributed by atoms with E-state index in [-0.39, 0.29) is 6.04 Å². The largest absolute Gasteiger partial charge is 0.496 e. The van der Waals surface area contributed by atoms with E-state index in [0.717, 1.165) is 12.2 Å². The molecule has 2 aromatic carbocycles. The van der Waals surface area contributed by atoms with E-state index in [1.807, 2.05) is 6.07 Å². The summed E-state index contributed by atoms with van der Waals surface area (Å²) in [5, 5.41) is 0. The zero-order valence-corrected chi connectivity index (χ0v) is 13.2. The van der Waals surface area contributed by atoms with Crippen LogP contribution in [0.4, 0.5) is 0 Å². The Hall–Kier alpha value is -1.84. The number of aryl methyl sites for hydroxylation is 3. The van der Waals surface area contributed by atoms with E-state index >= 15 is 0 Å². The molecular formula is C18H24N2O. The zero-order chi connectivity index (χ0) is 15.4. The molecule has 3 nitrogen and oxygen atoms in total. The molecule has 2 rings (SSSR count). The summed E-state index contributed by atoms with van der Waals surface area (Å²) >= 11 is 0. The van der Waals surface area contributed by atoms with Crippen LogP contribution in [0.3, 0.4) is 0 Å². The number of methoxy groups -OCH3 is 1. The molecule has 1 atom stereocenters. The summed E-state index contributed by atoms with van der Waals surface area (Å²) in [4.78, 5) is 0. The first-order valence-electron chi connectivity index (χ1n) is 7.22. The van der Waals surface area contributed by atoms with E-state index in [1.54, 1.807) is 7.11 Å². The summed E-state index contributed by atoms with van der Waals surface area (Å²) in [7, 11) is 1.70. The molecule has 0 heterocycles. The summed E-state index contributed by atoms with van der Waals surface area (Å²) in [6.45, 7) is 6.33. The zero-order valence-electron chi connectivity index (χ0n) is 13.2. The number of hydrazine groups is 1. The number of hydrogen-bond acceptors (Lipinski definition) is 3. The Kier molecular flexibility index (Phi) is 4.99. The summed E-state index contributed by atoms with van der Waals surface area (Å²) in [5.41, 5.74) is 9.09. The fourth-order valence-electron chi connectivity index (χ4n) is 2.54. The molecule has 1 unspecified atom stereocenters. The maximum Gasteiger partial charge on any atom is 0.122 e. The van der Waals surface area contributed by atoms with Crippen molar-refractivity contribution in [1.29, 1.82) is 0 Å². The average Bonchev–Trinajstić information content (AvgIpc) is 2.48. The van der Waals surface area contributed by atoms with Crippen molar-refractivity contribution >= 4 is 0 Å². The molecule has 0 saturated heterocycles. The highest BCUT2D eigenvalue weighted by molar-refractivity contribution is 5.39. The molecule has 21 heavy (non-hydrogen) atoms. The topological polar surface area (TPSA) is 47.3 Å². The predicted molar refractivity (Wildman–Crippen MR) is 87.4 cm³/mol. The second-order valence-corrected chi connectivity index (χ2v) is 5.58. The van der Waals surface area contributed by atoms with Crippen molar-refractivity contribution < 1.29 is 4.74 Å². The van der Waals surface area contributed by atoms with Crippen LogP contribution in [-0.4, -0.2) is 7.11 Å². The Balaban J connectivity index is 2.30. The number of rotatable bonds is 5. The van der Waals surface area contributed by atoms with Gasteiger partial charge in [-0.3, -0.25) is 11.3 Å². The van der Waals surface area contributed by atoms with E-state index in [4.69, 9.17) is 10.6 Å². The molecule has 2 aromatic rings. The molecule has 0 saturated carbocycles. The van der Waals surface area contributed by atoms with Crippen LogP contribution < -0.4 is 16.0 Å². The van der Waals surface area contributed by atoms with Gasteiger partial charge >= 0.3 is 0 Å². The molecule has 0 amide bonds. The van der Waals surface area contributed by atoms with Gasteiger partial charge in [-0.15, -0.1) is 0 Å². The fraction of sp³-hybridized carbons (Fsp3) is 0.333. The summed E-state index contributed by atoms with van der Waals surface area (Å²) in [6, 6.07) is 12.8. The molecule has 0 aliphatic rings. The average molecular weight is 284 g/mol. The molecule has 0 aromatic heterocycles. The molecule has 112 valence electrons. The van der Waals surface area contributed by atoms with Crippen LogP contribution >= 0.6 is 0 Å². The highest BCUT2D eigenvalue weighted by Crippen LogP contribution is 2.26. The molecule has 3 N–H and O–H groups in total. The Morgan fingerprint density at radius 1 is 1.05 bits per heavy atom.